The molecule has 0 spiro atoms. The number of benzene rings is 2. The lowest BCUT2D eigenvalue weighted by Crippen LogP contribution is -2.31. The molecular weight excluding hydrogens is 296 g/mol. The molecule has 0 saturated carbocycles. The van der Waals surface area contributed by atoms with Crippen molar-refractivity contribution in [3.8, 4) is 0 Å². The van der Waals surface area contributed by atoms with Crippen molar-refractivity contribution in [2.75, 3.05) is 18.5 Å². The van der Waals surface area contributed by atoms with Gasteiger partial charge in [0.15, 0.2) is 0 Å². The molecule has 1 aliphatic heterocycles. The van der Waals surface area contributed by atoms with Crippen LogP contribution in [0, 0.1) is 0 Å². The van der Waals surface area contributed by atoms with E-state index in [1.54, 1.807) is 0 Å². The molecular formula is C21H24N2O. The van der Waals surface area contributed by atoms with Crippen LogP contribution in [0.2, 0.25) is 0 Å². The summed E-state index contributed by atoms with van der Waals surface area (Å²) in [6.07, 6.45) is 6.77. The second-order valence-electron chi connectivity index (χ2n) is 6.13. The number of hydrogen-bond acceptors (Lipinski definition) is 2. The minimum Gasteiger partial charge on any atom is -0.320 e. The van der Waals surface area contributed by atoms with E-state index in [1.165, 1.54) is 11.1 Å². The number of nitrogens with zero attached hydrogens (tertiary/aromatic N) is 1. The van der Waals surface area contributed by atoms with Crippen LogP contribution in [0.1, 0.15) is 36.0 Å². The lowest BCUT2D eigenvalue weighted by Gasteiger charge is -2.27. The standard InChI is InChI=1S/C21H24N2O/c1-22-15-7-6-12-21(24)23-16-19-10-3-2-8-17(19)13-14-18-9-4-5-11-20(18)23/h2-5,8-11,13-14,22H,6-7,12,15-16H2,1H3/b14-13-. The zero-order valence-corrected chi connectivity index (χ0v) is 14.2. The monoisotopic (exact) mass is 320 g/mol. The minimum absolute atomic E-state index is 0.198. The third kappa shape index (κ3) is 3.74. The Morgan fingerprint density at radius 2 is 1.71 bits per heavy atom. The molecule has 1 heterocycles. The normalized spacial score (nSPS) is 14.3. The number of rotatable bonds is 5. The molecule has 1 amide bonds. The number of unbranched alkanes of at least 4 members (excludes halogenated alkanes) is 1. The van der Waals surface area contributed by atoms with Crippen LogP contribution in [-0.2, 0) is 11.3 Å². The van der Waals surface area contributed by atoms with Gasteiger partial charge in [-0.2, -0.15) is 0 Å². The molecule has 0 saturated heterocycles. The van der Waals surface area contributed by atoms with Crippen LogP contribution >= 0.6 is 0 Å². The number of nitrogens with one attached hydrogen (secondary N) is 1. The van der Waals surface area contributed by atoms with Crippen LogP contribution in [0.25, 0.3) is 12.2 Å². The lowest BCUT2D eigenvalue weighted by atomic mass is 10.0. The average molecular weight is 320 g/mol. The molecule has 124 valence electrons. The molecule has 0 unspecified atom stereocenters. The first kappa shape index (κ1) is 16.5. The molecule has 0 atom stereocenters. The van der Waals surface area contributed by atoms with E-state index in [0.717, 1.165) is 30.6 Å². The van der Waals surface area contributed by atoms with Crippen LogP contribution in [-0.4, -0.2) is 19.5 Å². The Labute approximate surface area is 144 Å². The van der Waals surface area contributed by atoms with Crippen molar-refractivity contribution >= 4 is 23.7 Å². The first-order chi connectivity index (χ1) is 11.8. The summed E-state index contributed by atoms with van der Waals surface area (Å²) in [4.78, 5) is 14.8. The summed E-state index contributed by atoms with van der Waals surface area (Å²) in [5, 5.41) is 3.13. The Hall–Kier alpha value is -2.39. The summed E-state index contributed by atoms with van der Waals surface area (Å²) in [6, 6.07) is 16.4. The molecule has 3 heteroatoms. The van der Waals surface area contributed by atoms with Crippen LogP contribution < -0.4 is 10.2 Å². The number of carbonyl (C=O) groups excluding carboxylic acids is 1. The summed E-state index contributed by atoms with van der Waals surface area (Å²) in [5.41, 5.74) is 4.46. The van der Waals surface area contributed by atoms with Crippen molar-refractivity contribution < 1.29 is 4.79 Å². The van der Waals surface area contributed by atoms with Crippen molar-refractivity contribution in [1.82, 2.24) is 5.32 Å². The second-order valence-corrected chi connectivity index (χ2v) is 6.13. The SMILES string of the molecule is CNCCCCC(=O)N1Cc2ccccc2/C=C\c2ccccc21. The van der Waals surface area contributed by atoms with E-state index in [0.29, 0.717) is 13.0 Å². The van der Waals surface area contributed by atoms with Gasteiger partial charge in [0.2, 0.25) is 5.91 Å². The molecule has 3 nitrogen and oxygen atoms in total. The quantitative estimate of drug-likeness (QED) is 0.842. The van der Waals surface area contributed by atoms with Gasteiger partial charge in [-0.05, 0) is 49.2 Å². The Morgan fingerprint density at radius 1 is 1.00 bits per heavy atom. The molecule has 2 aromatic rings. The molecule has 0 fully saturated rings. The van der Waals surface area contributed by atoms with E-state index in [4.69, 9.17) is 0 Å². The van der Waals surface area contributed by atoms with Crippen LogP contribution in [0.3, 0.4) is 0 Å². The van der Waals surface area contributed by atoms with E-state index < -0.39 is 0 Å². The van der Waals surface area contributed by atoms with Crippen molar-refractivity contribution in [3.05, 3.63) is 65.2 Å². The van der Waals surface area contributed by atoms with Gasteiger partial charge >= 0.3 is 0 Å². The molecule has 0 aromatic heterocycles. The van der Waals surface area contributed by atoms with E-state index in [2.05, 4.69) is 35.7 Å². The molecule has 1 N–H and O–H groups in total. The Morgan fingerprint density at radius 3 is 2.54 bits per heavy atom. The maximum atomic E-state index is 12.9. The number of anilines is 1. The van der Waals surface area contributed by atoms with Crippen molar-refractivity contribution in [1.29, 1.82) is 0 Å². The molecule has 0 aliphatic carbocycles. The fourth-order valence-electron chi connectivity index (χ4n) is 3.09. The van der Waals surface area contributed by atoms with Gasteiger partial charge in [0.05, 0.1) is 12.2 Å². The number of hydrogen-bond donors (Lipinski definition) is 1. The minimum atomic E-state index is 0.198. The smallest absolute Gasteiger partial charge is 0.227 e. The van der Waals surface area contributed by atoms with Gasteiger partial charge in [-0.1, -0.05) is 54.6 Å². The van der Waals surface area contributed by atoms with Crippen molar-refractivity contribution in [2.45, 2.75) is 25.8 Å². The number of amides is 1. The maximum Gasteiger partial charge on any atom is 0.227 e. The van der Waals surface area contributed by atoms with E-state index >= 15 is 0 Å². The third-order valence-electron chi connectivity index (χ3n) is 4.42. The zero-order valence-electron chi connectivity index (χ0n) is 14.2. The molecule has 3 rings (SSSR count). The summed E-state index contributed by atoms with van der Waals surface area (Å²) in [6.45, 7) is 1.58. The van der Waals surface area contributed by atoms with Crippen LogP contribution in [0.5, 0.6) is 0 Å². The Bertz CT molecular complexity index is 736. The maximum absolute atomic E-state index is 12.9. The summed E-state index contributed by atoms with van der Waals surface area (Å²) in [5.74, 6) is 0.198. The molecule has 1 aliphatic rings. The van der Waals surface area contributed by atoms with Gasteiger partial charge in [0.25, 0.3) is 0 Å². The highest BCUT2D eigenvalue weighted by Gasteiger charge is 2.20. The van der Waals surface area contributed by atoms with Gasteiger partial charge in [0, 0.05) is 6.42 Å². The van der Waals surface area contributed by atoms with Gasteiger partial charge in [0.1, 0.15) is 0 Å². The lowest BCUT2D eigenvalue weighted by molar-refractivity contribution is -0.118. The molecule has 0 bridgehead atoms. The molecule has 0 radical (unpaired) electrons. The number of para-hydroxylation sites is 1. The second kappa shape index (κ2) is 7.93. The van der Waals surface area contributed by atoms with Crippen molar-refractivity contribution in [3.63, 3.8) is 0 Å². The largest absolute Gasteiger partial charge is 0.320 e. The van der Waals surface area contributed by atoms with Crippen molar-refractivity contribution in [2.24, 2.45) is 0 Å². The predicted molar refractivity (Wildman–Crippen MR) is 101 cm³/mol. The predicted octanol–water partition coefficient (Wildman–Crippen LogP) is 4.09. The first-order valence-corrected chi connectivity index (χ1v) is 8.59. The number of carbonyl (C=O) groups is 1. The Balaban J connectivity index is 1.89. The number of fused-ring (bicyclic) bond motifs is 2. The first-order valence-electron chi connectivity index (χ1n) is 8.59. The van der Waals surface area contributed by atoms with Gasteiger partial charge in [-0.25, -0.2) is 0 Å². The van der Waals surface area contributed by atoms with E-state index in [9.17, 15) is 4.79 Å². The van der Waals surface area contributed by atoms with E-state index in [1.807, 2.05) is 42.3 Å². The van der Waals surface area contributed by atoms with Gasteiger partial charge < -0.3 is 10.2 Å². The van der Waals surface area contributed by atoms with E-state index in [-0.39, 0.29) is 5.91 Å². The summed E-state index contributed by atoms with van der Waals surface area (Å²) < 4.78 is 0. The van der Waals surface area contributed by atoms with Crippen LogP contribution in [0.4, 0.5) is 5.69 Å². The summed E-state index contributed by atoms with van der Waals surface area (Å²) >= 11 is 0. The highest BCUT2D eigenvalue weighted by atomic mass is 16.2. The topological polar surface area (TPSA) is 32.3 Å². The van der Waals surface area contributed by atoms with Gasteiger partial charge in [-0.15, -0.1) is 0 Å². The van der Waals surface area contributed by atoms with Gasteiger partial charge in [-0.3, -0.25) is 4.79 Å². The Kier molecular flexibility index (Phi) is 5.44. The fourth-order valence-corrected chi connectivity index (χ4v) is 3.09. The fraction of sp³-hybridized carbons (Fsp3) is 0.286. The highest BCUT2D eigenvalue weighted by molar-refractivity contribution is 5.97. The summed E-state index contributed by atoms with van der Waals surface area (Å²) in [7, 11) is 1.94. The third-order valence-corrected chi connectivity index (χ3v) is 4.42. The van der Waals surface area contributed by atoms with Crippen LogP contribution in [0.15, 0.2) is 48.5 Å². The molecule has 24 heavy (non-hydrogen) atoms. The molecule has 2 aromatic carbocycles. The highest BCUT2D eigenvalue weighted by Crippen LogP contribution is 2.29. The average Bonchev–Trinajstić information content (AvgIpc) is 2.60. The zero-order chi connectivity index (χ0) is 16.8.